The molecule has 614 valence electrons. The van der Waals surface area contributed by atoms with Crippen LogP contribution in [0, 0.1) is 57.5 Å². The predicted molar refractivity (Wildman–Crippen MR) is 444 cm³/mol. The molecule has 0 aliphatic rings. The van der Waals surface area contributed by atoms with Crippen molar-refractivity contribution in [2.45, 2.75) is 150 Å². The summed E-state index contributed by atoms with van der Waals surface area (Å²) in [6, 6.07) is 5.08. The van der Waals surface area contributed by atoms with Crippen molar-refractivity contribution in [3.05, 3.63) is 34.4 Å². The lowest BCUT2D eigenvalue weighted by molar-refractivity contribution is -0.384. The Bertz CT molecular complexity index is 3200. The zero-order valence-corrected chi connectivity index (χ0v) is 74.7. The molecule has 0 heterocycles. The summed E-state index contributed by atoms with van der Waals surface area (Å²) in [5.74, 6) is 22.1. The smallest absolute Gasteiger partial charge is 0.448 e. The molecule has 29 nitrogen and oxygen atoms in total. The zero-order valence-electron chi connectivity index (χ0n) is 69.4. The minimum Gasteiger partial charge on any atom is -0.448 e. The predicted octanol–water partition coefficient (Wildman–Crippen LogP) is 10.9. The van der Waals surface area contributed by atoms with Crippen LogP contribution in [0.1, 0.15) is 117 Å². The molecule has 0 aromatic heterocycles. The van der Waals surface area contributed by atoms with Crippen molar-refractivity contribution in [2.75, 3.05) is 181 Å². The van der Waals surface area contributed by atoms with Gasteiger partial charge in [0.2, 0.25) is 0 Å². The third-order valence-corrected chi connectivity index (χ3v) is 17.4. The van der Waals surface area contributed by atoms with Crippen molar-refractivity contribution in [2.24, 2.45) is 4.74 Å². The number of unbranched alkanes of at least 4 members (excludes halogenated alkanes) is 1. The molecule has 1 rings (SSSR count). The summed E-state index contributed by atoms with van der Waals surface area (Å²) in [7, 11) is 21.2. The van der Waals surface area contributed by atoms with E-state index in [2.05, 4.69) is 73.3 Å². The summed E-state index contributed by atoms with van der Waals surface area (Å²) >= 11 is 4.34. The first kappa shape index (κ1) is 110. The van der Waals surface area contributed by atoms with E-state index in [9.17, 15) is 53.3 Å². The number of hydrogen-bond donors (Lipinski definition) is 2. The highest BCUT2D eigenvalue weighted by Gasteiger charge is 2.27. The number of non-ortho nitro benzene ring substituents is 1. The van der Waals surface area contributed by atoms with Crippen LogP contribution in [0.25, 0.3) is 0 Å². The number of nitro benzene ring substituents is 1. The molecule has 1 unspecified atom stereocenters. The Kier molecular flexibility index (Phi) is 60.6. The maximum atomic E-state index is 12.1. The summed E-state index contributed by atoms with van der Waals surface area (Å²) in [4.78, 5) is 127. The normalized spacial score (nSPS) is 11.0. The number of benzene rings is 1. The van der Waals surface area contributed by atoms with Crippen LogP contribution in [-0.2, 0) is 42.9 Å². The summed E-state index contributed by atoms with van der Waals surface area (Å²) < 4.78 is 34.5. The fraction of sp³-hybridized carbons (Fsp3) is 0.685. The number of thioether (sulfide) groups is 4. The highest BCUT2D eigenvalue weighted by Crippen LogP contribution is 2.19. The first-order valence-electron chi connectivity index (χ1n) is 34.1. The molecule has 2 N–H and O–H groups in total. The lowest BCUT2D eigenvalue weighted by Crippen LogP contribution is -2.43. The van der Waals surface area contributed by atoms with Crippen LogP contribution in [-0.4, -0.2) is 314 Å². The molecule has 1 aromatic rings. The Morgan fingerprint density at radius 3 is 1.08 bits per heavy atom. The zero-order chi connectivity index (χ0) is 84.8. The van der Waals surface area contributed by atoms with Gasteiger partial charge >= 0.3 is 30.5 Å². The van der Waals surface area contributed by atoms with Crippen molar-refractivity contribution in [3.8, 4) is 53.1 Å². The number of rotatable bonds is 26. The molecule has 0 aliphatic carbocycles. The van der Waals surface area contributed by atoms with Gasteiger partial charge in [-0.3, -0.25) is 53.6 Å². The van der Waals surface area contributed by atoms with Gasteiger partial charge in [0.25, 0.3) is 26.1 Å². The topological polar surface area (TPSA) is 323 Å². The fourth-order valence-corrected chi connectivity index (χ4v) is 7.09. The summed E-state index contributed by atoms with van der Waals surface area (Å²) in [6.07, 6.45) is 6.39. The number of ether oxygens (including phenoxy) is 6. The number of nitro groups is 1. The second-order valence-electron chi connectivity index (χ2n) is 27.2. The molecule has 0 fully saturated rings. The second kappa shape index (κ2) is 59.4. The van der Waals surface area contributed by atoms with E-state index < -0.39 is 51.1 Å². The van der Waals surface area contributed by atoms with Crippen LogP contribution in [0.15, 0.2) is 29.0 Å². The van der Waals surface area contributed by atoms with Gasteiger partial charge in [-0.25, -0.2) is 24.0 Å². The van der Waals surface area contributed by atoms with Crippen molar-refractivity contribution in [1.29, 1.82) is 0 Å². The van der Waals surface area contributed by atoms with Crippen molar-refractivity contribution in [1.82, 2.24) is 44.5 Å². The molecule has 0 bridgehead atoms. The molecule has 0 spiro atoms. The number of likely N-dealkylation sites (N-methyl/N-ethyl adjacent to an activating group) is 8. The third kappa shape index (κ3) is 58.5. The summed E-state index contributed by atoms with van der Waals surface area (Å²) in [5, 5.41) is 21.6. The minimum absolute atomic E-state index is 0.0594. The van der Waals surface area contributed by atoms with Gasteiger partial charge in [0.05, 0.1) is 33.7 Å². The van der Waals surface area contributed by atoms with Gasteiger partial charge in [-0.05, 0) is 199 Å². The number of hydrogen-bond acceptors (Lipinski definition) is 28. The van der Waals surface area contributed by atoms with Gasteiger partial charge in [0.15, 0.2) is 0 Å². The molecule has 0 saturated carbocycles. The van der Waals surface area contributed by atoms with E-state index in [0.717, 1.165) is 74.5 Å². The van der Waals surface area contributed by atoms with Crippen molar-refractivity contribution < 1.29 is 81.6 Å². The second-order valence-corrected chi connectivity index (χ2v) is 31.7. The third-order valence-electron chi connectivity index (χ3n) is 14.5. The number of carbonyl (C=O) groups excluding carboxylic acids is 9. The van der Waals surface area contributed by atoms with Crippen LogP contribution in [0.4, 0.5) is 29.7 Å². The molecule has 0 saturated heterocycles. The summed E-state index contributed by atoms with van der Waals surface area (Å²) in [6.45, 7) is 33.6. The van der Waals surface area contributed by atoms with Crippen LogP contribution in [0.5, 0.6) is 5.75 Å². The first-order valence-corrected chi connectivity index (χ1v) is 41.4. The molecular weight excluding hydrogens is 1510 g/mol. The highest BCUT2D eigenvalue weighted by atomic mass is 32.2. The molecule has 1 aromatic carbocycles. The van der Waals surface area contributed by atoms with Crippen LogP contribution in [0.3, 0.4) is 0 Å². The first-order chi connectivity index (χ1) is 49.8. The highest BCUT2D eigenvalue weighted by molar-refractivity contribution is 8.14. The molecule has 0 radical (unpaired) electrons. The number of aliphatic hydroxyl groups is 1. The Hall–Kier alpha value is -6.42. The van der Waals surface area contributed by atoms with Crippen LogP contribution in [0.2, 0.25) is 0 Å². The summed E-state index contributed by atoms with van der Waals surface area (Å²) in [5.41, 5.74) is -3.01. The van der Waals surface area contributed by atoms with Gasteiger partial charge < -0.3 is 58.4 Å². The lowest BCUT2D eigenvalue weighted by atomic mass is 10.0. The van der Waals surface area contributed by atoms with Crippen molar-refractivity contribution in [3.63, 3.8) is 0 Å². The molecule has 0 aliphatic heterocycles. The standard InChI is InChI=1S/C20H35N3O5S.C17H20N2O6S.C16H28N2O3S.C10H17NO2S.C9H20N2O2.CH5NP2/c1-19(2,3)28-18(26)22(7)13-12-21(6)17(25)27-15-14-23(8)20(4,5)11-10-16(24)29-9;1-17(2,10-9-15(20)26-4)18(3)11-12-24-16(21)25-14-7-5-13(6-8-14)19(22)23;1-7-8-11-17(4)15(20)21-13-12-18(5)16(2,3)10-9-14(19)22-6;1-10(2,11(3)7-8-12)6-5-9(13)14-4;1-9(2,3)13-8(12)11(5)7-6-10-4;1-2-4-3/h12-15H2,1-9H3;5-8H,11-12H2,1-4H3;7-8,11-13H2,1-6H3;12H,7-8H2,1-4H3;10H,6-7H2,1-5H3;3H2,1H3. The van der Waals surface area contributed by atoms with Gasteiger partial charge in [0, 0.05) is 114 Å². The van der Waals surface area contributed by atoms with E-state index in [0.29, 0.717) is 59.0 Å². The minimum atomic E-state index is -0.909. The van der Waals surface area contributed by atoms with Gasteiger partial charge in [-0.2, -0.15) is 0 Å². The molecule has 4 amide bonds. The largest absolute Gasteiger partial charge is 0.513 e. The maximum Gasteiger partial charge on any atom is 0.513 e. The van der Waals surface area contributed by atoms with E-state index in [4.69, 9.17) is 33.5 Å². The van der Waals surface area contributed by atoms with Gasteiger partial charge in [-0.1, -0.05) is 93.0 Å². The molecule has 35 heteroatoms. The number of nitrogens with one attached hydrogen (secondary N) is 1. The SMILES string of the molecule is CCCCN(C)C(=O)OCCN(C)C(C)(C)C#CC(=O)SC.CN=PP.CNCCN(C)C(=O)OC(C)(C)C.CSC(=O)C#CC(C)(C)N(C)CCO.CSC(=O)C#CC(C)(C)N(C)CCOC(=O)N(C)CCN(C)C(=O)OC(C)(C)C.CSC(=O)C#CC(C)(C)N(C)CCOC(=O)Oc1ccc([N+](=O)[O-])cc1. The average Bonchev–Trinajstić information content (AvgIpc) is 0.907. The average molecular weight is 1640 g/mol. The van der Waals surface area contributed by atoms with E-state index in [1.54, 1.807) is 97.9 Å². The Morgan fingerprint density at radius 2 is 0.806 bits per heavy atom. The number of nitrogens with zero attached hydrogens (tertiary/aromatic N) is 10. The fourth-order valence-electron chi connectivity index (χ4n) is 6.48. The maximum absolute atomic E-state index is 12.1. The van der Waals surface area contributed by atoms with Crippen molar-refractivity contribution >= 4 is 121 Å². The van der Waals surface area contributed by atoms with Gasteiger partial charge in [-0.15, -0.1) is 0 Å². The monoisotopic (exact) mass is 1630 g/mol. The molecular formula is C73H125N11O18P2S4. The van der Waals surface area contributed by atoms with E-state index >= 15 is 0 Å². The Labute approximate surface area is 666 Å². The number of aliphatic hydroxyl groups excluding tert-OH is 1. The Balaban J connectivity index is -0.000000415. The molecule has 108 heavy (non-hydrogen) atoms. The quantitative estimate of drug-likeness (QED) is 0.0165. The van der Waals surface area contributed by atoms with E-state index in [1.165, 1.54) is 34.1 Å². The number of carbonyl (C=O) groups is 9. The van der Waals surface area contributed by atoms with E-state index in [1.807, 2.05) is 124 Å². The number of amides is 4. The van der Waals surface area contributed by atoms with E-state index in [-0.39, 0.29) is 69.4 Å². The number of β-amino-alcohol motifs (C(OH)–C–C–N with tert-alkyl or cyclic N) is 1. The van der Waals surface area contributed by atoms with Crippen LogP contribution < -0.4 is 10.1 Å². The molecule has 1 atom stereocenters. The lowest BCUT2D eigenvalue weighted by Gasteiger charge is -2.30. The Morgan fingerprint density at radius 1 is 0.509 bits per heavy atom. The van der Waals surface area contributed by atoms with Crippen LogP contribution >= 0.6 is 64.0 Å². The van der Waals surface area contributed by atoms with Gasteiger partial charge in [0.1, 0.15) is 36.8 Å².